The molecule has 0 radical (unpaired) electrons. The van der Waals surface area contributed by atoms with Crippen LogP contribution in [0.1, 0.15) is 58.8 Å². The minimum absolute atomic E-state index is 0.0992. The number of amides is 1. The Hall–Kier alpha value is -1.55. The Morgan fingerprint density at radius 2 is 1.91 bits per heavy atom. The summed E-state index contributed by atoms with van der Waals surface area (Å²) in [5.41, 5.74) is -0.0109. The van der Waals surface area contributed by atoms with Gasteiger partial charge < -0.3 is 14.8 Å². The number of hydrogen-bond donors (Lipinski definition) is 1. The third kappa shape index (κ3) is 4.96. The molecule has 1 aliphatic rings. The molecule has 0 aliphatic heterocycles. The molecule has 0 spiro atoms. The lowest BCUT2D eigenvalue weighted by atomic mass is 9.97. The lowest BCUT2D eigenvalue weighted by Gasteiger charge is -2.26. The highest BCUT2D eigenvalue weighted by atomic mass is 16.5. The van der Waals surface area contributed by atoms with Gasteiger partial charge in [0.2, 0.25) is 0 Å². The van der Waals surface area contributed by atoms with E-state index in [1.165, 1.54) is 12.8 Å². The van der Waals surface area contributed by atoms with E-state index in [1.807, 2.05) is 31.2 Å². The Morgan fingerprint density at radius 3 is 2.48 bits per heavy atom. The van der Waals surface area contributed by atoms with Gasteiger partial charge in [0.1, 0.15) is 11.4 Å². The van der Waals surface area contributed by atoms with Crippen LogP contribution in [-0.2, 0) is 9.53 Å². The first kappa shape index (κ1) is 17.8. The Bertz CT molecular complexity index is 494. The average Bonchev–Trinajstić information content (AvgIpc) is 3.07. The topological polar surface area (TPSA) is 47.6 Å². The van der Waals surface area contributed by atoms with Crippen LogP contribution < -0.4 is 10.1 Å². The molecule has 0 aromatic heterocycles. The van der Waals surface area contributed by atoms with E-state index in [0.29, 0.717) is 12.5 Å². The largest absolute Gasteiger partial charge is 0.490 e. The quantitative estimate of drug-likeness (QED) is 0.765. The summed E-state index contributed by atoms with van der Waals surface area (Å²) in [6.45, 7) is 3.95. The van der Waals surface area contributed by atoms with E-state index in [0.717, 1.165) is 37.1 Å². The predicted octanol–water partition coefficient (Wildman–Crippen LogP) is 4.54. The van der Waals surface area contributed by atoms with Gasteiger partial charge in [0.15, 0.2) is 0 Å². The molecule has 2 rings (SSSR count). The number of unbranched alkanes of at least 4 members (excludes halogenated alkanes) is 1. The molecule has 128 valence electrons. The number of rotatable bonds is 8. The van der Waals surface area contributed by atoms with Gasteiger partial charge in [0.05, 0.1) is 6.10 Å². The number of anilines is 1. The zero-order valence-corrected chi connectivity index (χ0v) is 14.6. The number of methoxy groups -OCH3 is 1. The highest BCUT2D eigenvalue weighted by Crippen LogP contribution is 2.26. The maximum Gasteiger partial charge on any atom is 0.256 e. The highest BCUT2D eigenvalue weighted by Gasteiger charge is 2.32. The molecule has 1 amide bonds. The number of carbonyl (C=O) groups excluding carboxylic acids is 1. The summed E-state index contributed by atoms with van der Waals surface area (Å²) in [5.74, 6) is 0.772. The third-order valence-corrected chi connectivity index (χ3v) is 4.66. The fraction of sp³-hybridized carbons (Fsp3) is 0.632. The van der Waals surface area contributed by atoms with Gasteiger partial charge in [-0.3, -0.25) is 4.79 Å². The standard InChI is InChI=1S/C19H29NO3/c1-4-5-14-19(2,22-3)18(21)20-15-10-12-17(13-11-15)23-16-8-6-7-9-16/h10-13,16H,4-9,14H2,1-3H3,(H,20,21). The van der Waals surface area contributed by atoms with Crippen molar-refractivity contribution in [3.05, 3.63) is 24.3 Å². The second-order valence-electron chi connectivity index (χ2n) is 6.54. The smallest absolute Gasteiger partial charge is 0.256 e. The monoisotopic (exact) mass is 319 g/mol. The van der Waals surface area contributed by atoms with Crippen molar-refractivity contribution < 1.29 is 14.3 Å². The number of carbonyl (C=O) groups is 1. The molecule has 1 aliphatic carbocycles. The second kappa shape index (κ2) is 8.34. The maximum atomic E-state index is 12.5. The Kier molecular flexibility index (Phi) is 6.46. The van der Waals surface area contributed by atoms with Crippen molar-refractivity contribution >= 4 is 11.6 Å². The fourth-order valence-corrected chi connectivity index (χ4v) is 2.90. The van der Waals surface area contributed by atoms with Gasteiger partial charge in [0, 0.05) is 12.8 Å². The van der Waals surface area contributed by atoms with Crippen LogP contribution >= 0.6 is 0 Å². The summed E-state index contributed by atoms with van der Waals surface area (Å²) in [4.78, 5) is 12.5. The van der Waals surface area contributed by atoms with E-state index >= 15 is 0 Å². The van der Waals surface area contributed by atoms with Crippen LogP contribution in [0, 0.1) is 0 Å². The molecule has 1 atom stereocenters. The summed E-state index contributed by atoms with van der Waals surface area (Å²) in [7, 11) is 1.59. The van der Waals surface area contributed by atoms with E-state index < -0.39 is 5.60 Å². The molecule has 23 heavy (non-hydrogen) atoms. The lowest BCUT2D eigenvalue weighted by molar-refractivity contribution is -0.136. The Morgan fingerprint density at radius 1 is 1.26 bits per heavy atom. The van der Waals surface area contributed by atoms with Gasteiger partial charge in [0.25, 0.3) is 5.91 Å². The Balaban J connectivity index is 1.92. The lowest BCUT2D eigenvalue weighted by Crippen LogP contribution is -2.41. The van der Waals surface area contributed by atoms with Crippen LogP contribution in [0.15, 0.2) is 24.3 Å². The summed E-state index contributed by atoms with van der Waals surface area (Å²) in [6.07, 6.45) is 7.86. The van der Waals surface area contributed by atoms with Gasteiger partial charge in [-0.15, -0.1) is 0 Å². The first-order chi connectivity index (χ1) is 11.1. The van der Waals surface area contributed by atoms with Crippen molar-refractivity contribution in [2.75, 3.05) is 12.4 Å². The molecule has 0 heterocycles. The van der Waals surface area contributed by atoms with Crippen LogP contribution in [0.3, 0.4) is 0 Å². The summed E-state index contributed by atoms with van der Waals surface area (Å²) in [6, 6.07) is 7.62. The van der Waals surface area contributed by atoms with Crippen molar-refractivity contribution in [1.82, 2.24) is 0 Å². The minimum atomic E-state index is -0.783. The fourth-order valence-electron chi connectivity index (χ4n) is 2.90. The molecular weight excluding hydrogens is 290 g/mol. The zero-order chi connectivity index (χ0) is 16.7. The normalized spacial score (nSPS) is 17.7. The van der Waals surface area contributed by atoms with E-state index in [4.69, 9.17) is 9.47 Å². The van der Waals surface area contributed by atoms with E-state index in [2.05, 4.69) is 12.2 Å². The Labute approximate surface area is 139 Å². The van der Waals surface area contributed by atoms with Crippen LogP contribution in [0.5, 0.6) is 5.75 Å². The van der Waals surface area contributed by atoms with Crippen LogP contribution in [-0.4, -0.2) is 24.7 Å². The molecule has 4 nitrogen and oxygen atoms in total. The number of nitrogens with one attached hydrogen (secondary N) is 1. The van der Waals surface area contributed by atoms with Crippen molar-refractivity contribution in [3.63, 3.8) is 0 Å². The first-order valence-electron chi connectivity index (χ1n) is 8.70. The summed E-state index contributed by atoms with van der Waals surface area (Å²) in [5, 5.41) is 2.94. The van der Waals surface area contributed by atoms with Crippen molar-refractivity contribution in [3.8, 4) is 5.75 Å². The molecule has 1 aromatic rings. The van der Waals surface area contributed by atoms with Gasteiger partial charge in [-0.25, -0.2) is 0 Å². The maximum absolute atomic E-state index is 12.5. The number of benzene rings is 1. The summed E-state index contributed by atoms with van der Waals surface area (Å²) >= 11 is 0. The van der Waals surface area contributed by atoms with Crippen molar-refractivity contribution in [2.45, 2.75) is 70.5 Å². The first-order valence-corrected chi connectivity index (χ1v) is 8.70. The van der Waals surface area contributed by atoms with Crippen molar-refractivity contribution in [1.29, 1.82) is 0 Å². The zero-order valence-electron chi connectivity index (χ0n) is 14.6. The molecule has 1 fully saturated rings. The molecule has 1 N–H and O–H groups in total. The second-order valence-corrected chi connectivity index (χ2v) is 6.54. The van der Waals surface area contributed by atoms with E-state index in [-0.39, 0.29) is 5.91 Å². The molecular formula is C19H29NO3. The van der Waals surface area contributed by atoms with Crippen LogP contribution in [0.25, 0.3) is 0 Å². The van der Waals surface area contributed by atoms with Crippen LogP contribution in [0.4, 0.5) is 5.69 Å². The van der Waals surface area contributed by atoms with Gasteiger partial charge in [-0.1, -0.05) is 19.8 Å². The molecule has 0 bridgehead atoms. The molecule has 1 aromatic carbocycles. The molecule has 0 saturated heterocycles. The number of hydrogen-bond acceptors (Lipinski definition) is 3. The number of ether oxygens (including phenoxy) is 2. The minimum Gasteiger partial charge on any atom is -0.490 e. The highest BCUT2D eigenvalue weighted by molar-refractivity contribution is 5.97. The molecule has 1 saturated carbocycles. The van der Waals surface area contributed by atoms with Gasteiger partial charge in [-0.2, -0.15) is 0 Å². The van der Waals surface area contributed by atoms with Crippen LogP contribution in [0.2, 0.25) is 0 Å². The molecule has 4 heteroatoms. The average molecular weight is 319 g/mol. The van der Waals surface area contributed by atoms with Crippen molar-refractivity contribution in [2.24, 2.45) is 0 Å². The molecule has 1 unspecified atom stereocenters. The SMILES string of the molecule is CCCCC(C)(OC)C(=O)Nc1ccc(OC2CCCC2)cc1. The van der Waals surface area contributed by atoms with Gasteiger partial charge >= 0.3 is 0 Å². The summed E-state index contributed by atoms with van der Waals surface area (Å²) < 4.78 is 11.4. The van der Waals surface area contributed by atoms with Gasteiger partial charge in [-0.05, 0) is 63.3 Å². The van der Waals surface area contributed by atoms with E-state index in [1.54, 1.807) is 7.11 Å². The third-order valence-electron chi connectivity index (χ3n) is 4.66. The predicted molar refractivity (Wildman–Crippen MR) is 92.9 cm³/mol. The van der Waals surface area contributed by atoms with E-state index in [9.17, 15) is 4.79 Å².